The number of halogens is 2. The Kier molecular flexibility index (Phi) is 3.81. The Morgan fingerprint density at radius 3 is 2.65 bits per heavy atom. The van der Waals surface area contributed by atoms with Crippen molar-refractivity contribution in [3.05, 3.63) is 58.3 Å². The lowest BCUT2D eigenvalue weighted by atomic mass is 10.1. The number of hydrogen-bond donors (Lipinski definition) is 1. The molecule has 0 fully saturated rings. The highest BCUT2D eigenvalue weighted by molar-refractivity contribution is 9.10. The third kappa shape index (κ3) is 3.08. The first-order valence-electron chi connectivity index (χ1n) is 5.05. The summed E-state index contributed by atoms with van der Waals surface area (Å²) in [5.41, 5.74) is 0.818. The molecular formula is C12H10BrFN2O. The Labute approximate surface area is 106 Å². The molecule has 0 spiro atoms. The standard InChI is InChI=1S/C12H10BrFN2O/c13-9-6-8(2-3-10(9)14)7-11(17)12-15-4-1-5-16-12/h1-6,11,17H,7H2. The Balaban J connectivity index is 2.13. The normalized spacial score (nSPS) is 12.4. The van der Waals surface area contributed by atoms with E-state index in [0.717, 1.165) is 5.56 Å². The van der Waals surface area contributed by atoms with Gasteiger partial charge in [0.1, 0.15) is 11.9 Å². The Morgan fingerprint density at radius 1 is 1.29 bits per heavy atom. The van der Waals surface area contributed by atoms with Crippen LogP contribution in [0.25, 0.3) is 0 Å². The first-order valence-corrected chi connectivity index (χ1v) is 5.85. The monoisotopic (exact) mass is 296 g/mol. The van der Waals surface area contributed by atoms with Gasteiger partial charge in [-0.05, 0) is 39.7 Å². The van der Waals surface area contributed by atoms with Crippen LogP contribution in [0.2, 0.25) is 0 Å². The van der Waals surface area contributed by atoms with Crippen molar-refractivity contribution in [3.8, 4) is 0 Å². The first-order chi connectivity index (χ1) is 8.16. The number of aliphatic hydroxyl groups excluding tert-OH is 1. The zero-order valence-corrected chi connectivity index (χ0v) is 10.4. The van der Waals surface area contributed by atoms with Crippen LogP contribution in [0.5, 0.6) is 0 Å². The first kappa shape index (κ1) is 12.1. The lowest BCUT2D eigenvalue weighted by Crippen LogP contribution is -2.06. The van der Waals surface area contributed by atoms with Crippen molar-refractivity contribution in [2.75, 3.05) is 0 Å². The van der Waals surface area contributed by atoms with Gasteiger partial charge in [-0.2, -0.15) is 0 Å². The van der Waals surface area contributed by atoms with Crippen molar-refractivity contribution in [2.24, 2.45) is 0 Å². The molecule has 1 atom stereocenters. The number of hydrogen-bond acceptors (Lipinski definition) is 3. The van der Waals surface area contributed by atoms with Crippen LogP contribution in [0.4, 0.5) is 4.39 Å². The molecule has 0 bridgehead atoms. The fourth-order valence-corrected chi connectivity index (χ4v) is 1.89. The smallest absolute Gasteiger partial charge is 0.157 e. The fourth-order valence-electron chi connectivity index (χ4n) is 1.46. The van der Waals surface area contributed by atoms with Gasteiger partial charge in [0.05, 0.1) is 4.47 Å². The predicted octanol–water partition coefficient (Wildman–Crippen LogP) is 2.65. The maximum Gasteiger partial charge on any atom is 0.157 e. The number of aromatic nitrogens is 2. The molecule has 0 saturated carbocycles. The zero-order chi connectivity index (χ0) is 12.3. The number of rotatable bonds is 3. The summed E-state index contributed by atoms with van der Waals surface area (Å²) in [6, 6.07) is 6.32. The van der Waals surface area contributed by atoms with Gasteiger partial charge in [0.25, 0.3) is 0 Å². The summed E-state index contributed by atoms with van der Waals surface area (Å²) in [6.45, 7) is 0. The highest BCUT2D eigenvalue weighted by Crippen LogP contribution is 2.20. The second kappa shape index (κ2) is 5.33. The van der Waals surface area contributed by atoms with E-state index in [0.29, 0.717) is 16.7 Å². The largest absolute Gasteiger partial charge is 0.385 e. The average Bonchev–Trinajstić information content (AvgIpc) is 2.35. The van der Waals surface area contributed by atoms with Gasteiger partial charge in [0.15, 0.2) is 5.82 Å². The molecule has 88 valence electrons. The Bertz CT molecular complexity index is 507. The van der Waals surface area contributed by atoms with Gasteiger partial charge in [-0.1, -0.05) is 6.07 Å². The van der Waals surface area contributed by atoms with Crippen molar-refractivity contribution < 1.29 is 9.50 Å². The molecule has 0 aliphatic heterocycles. The maximum atomic E-state index is 13.0. The molecule has 1 heterocycles. The quantitative estimate of drug-likeness (QED) is 0.947. The molecule has 5 heteroatoms. The topological polar surface area (TPSA) is 46.0 Å². The summed E-state index contributed by atoms with van der Waals surface area (Å²) in [5, 5.41) is 9.90. The minimum absolute atomic E-state index is 0.320. The van der Waals surface area contributed by atoms with E-state index < -0.39 is 6.10 Å². The van der Waals surface area contributed by atoms with Crippen LogP contribution < -0.4 is 0 Å². The van der Waals surface area contributed by atoms with Gasteiger partial charge in [-0.15, -0.1) is 0 Å². The minimum atomic E-state index is -0.784. The predicted molar refractivity (Wildman–Crippen MR) is 64.8 cm³/mol. The van der Waals surface area contributed by atoms with Crippen molar-refractivity contribution >= 4 is 15.9 Å². The lowest BCUT2D eigenvalue weighted by molar-refractivity contribution is 0.168. The molecule has 2 rings (SSSR count). The van der Waals surface area contributed by atoms with Gasteiger partial charge >= 0.3 is 0 Å². The molecular weight excluding hydrogens is 287 g/mol. The molecule has 17 heavy (non-hydrogen) atoms. The van der Waals surface area contributed by atoms with Crippen LogP contribution in [-0.4, -0.2) is 15.1 Å². The summed E-state index contributed by atoms with van der Waals surface area (Å²) in [5.74, 6) is 0.0483. The van der Waals surface area contributed by atoms with Gasteiger partial charge in [0, 0.05) is 18.8 Å². The third-order valence-corrected chi connectivity index (χ3v) is 2.90. The summed E-state index contributed by atoms with van der Waals surface area (Å²) in [6.07, 6.45) is 2.72. The maximum absolute atomic E-state index is 13.0. The average molecular weight is 297 g/mol. The second-order valence-corrected chi connectivity index (χ2v) is 4.43. The van der Waals surface area contributed by atoms with Crippen LogP contribution in [-0.2, 0) is 6.42 Å². The lowest BCUT2D eigenvalue weighted by Gasteiger charge is -2.09. The van der Waals surface area contributed by atoms with Gasteiger partial charge < -0.3 is 5.11 Å². The molecule has 2 aromatic rings. The zero-order valence-electron chi connectivity index (χ0n) is 8.85. The van der Waals surface area contributed by atoms with Crippen LogP contribution >= 0.6 is 15.9 Å². The highest BCUT2D eigenvalue weighted by atomic mass is 79.9. The van der Waals surface area contributed by atoms with Gasteiger partial charge in [-0.3, -0.25) is 0 Å². The number of nitrogens with zero attached hydrogens (tertiary/aromatic N) is 2. The molecule has 1 N–H and O–H groups in total. The SMILES string of the molecule is OC(Cc1ccc(F)c(Br)c1)c1ncccn1. The van der Waals surface area contributed by atoms with E-state index in [4.69, 9.17) is 0 Å². The molecule has 1 unspecified atom stereocenters. The molecule has 1 aromatic heterocycles. The molecule has 3 nitrogen and oxygen atoms in total. The van der Waals surface area contributed by atoms with Crippen LogP contribution in [0, 0.1) is 5.82 Å². The molecule has 0 aliphatic carbocycles. The van der Waals surface area contributed by atoms with Crippen LogP contribution in [0.15, 0.2) is 41.1 Å². The van der Waals surface area contributed by atoms with E-state index in [1.807, 2.05) is 0 Å². The van der Waals surface area contributed by atoms with E-state index in [1.54, 1.807) is 30.6 Å². The van der Waals surface area contributed by atoms with Gasteiger partial charge in [0.2, 0.25) is 0 Å². The highest BCUT2D eigenvalue weighted by Gasteiger charge is 2.11. The molecule has 0 aliphatic rings. The van der Waals surface area contributed by atoms with E-state index >= 15 is 0 Å². The molecule has 0 amide bonds. The number of benzene rings is 1. The Morgan fingerprint density at radius 2 is 2.00 bits per heavy atom. The summed E-state index contributed by atoms with van der Waals surface area (Å²) >= 11 is 3.10. The summed E-state index contributed by atoms with van der Waals surface area (Å²) < 4.78 is 13.4. The number of aliphatic hydroxyl groups is 1. The third-order valence-electron chi connectivity index (χ3n) is 2.30. The van der Waals surface area contributed by atoms with Crippen LogP contribution in [0.1, 0.15) is 17.5 Å². The van der Waals surface area contributed by atoms with Crippen molar-refractivity contribution in [2.45, 2.75) is 12.5 Å². The molecule has 1 aromatic carbocycles. The minimum Gasteiger partial charge on any atom is -0.385 e. The van der Waals surface area contributed by atoms with Crippen molar-refractivity contribution in [1.82, 2.24) is 9.97 Å². The molecule has 0 radical (unpaired) electrons. The van der Waals surface area contributed by atoms with Crippen molar-refractivity contribution in [1.29, 1.82) is 0 Å². The van der Waals surface area contributed by atoms with E-state index in [9.17, 15) is 9.50 Å². The van der Waals surface area contributed by atoms with Crippen molar-refractivity contribution in [3.63, 3.8) is 0 Å². The summed E-state index contributed by atoms with van der Waals surface area (Å²) in [7, 11) is 0. The van der Waals surface area contributed by atoms with E-state index in [-0.39, 0.29) is 5.82 Å². The van der Waals surface area contributed by atoms with Gasteiger partial charge in [-0.25, -0.2) is 14.4 Å². The van der Waals surface area contributed by atoms with E-state index in [1.165, 1.54) is 6.07 Å². The molecule has 0 saturated heterocycles. The Hall–Kier alpha value is -1.33. The summed E-state index contributed by atoms with van der Waals surface area (Å²) in [4.78, 5) is 7.94. The van der Waals surface area contributed by atoms with E-state index in [2.05, 4.69) is 25.9 Å². The second-order valence-electron chi connectivity index (χ2n) is 3.58. The van der Waals surface area contributed by atoms with Crippen LogP contribution in [0.3, 0.4) is 0 Å². The fraction of sp³-hybridized carbons (Fsp3) is 0.167.